The van der Waals surface area contributed by atoms with Gasteiger partial charge in [-0.2, -0.15) is 0 Å². The summed E-state index contributed by atoms with van der Waals surface area (Å²) in [6.45, 7) is 3.50. The molecule has 1 unspecified atom stereocenters. The number of nitrogens with two attached hydrogens (primary N) is 1. The van der Waals surface area contributed by atoms with Crippen molar-refractivity contribution < 1.29 is 31.2 Å². The molecule has 1 atom stereocenters. The summed E-state index contributed by atoms with van der Waals surface area (Å²) in [5.41, 5.74) is -0.134. The molecule has 1 fully saturated rings. The van der Waals surface area contributed by atoms with Gasteiger partial charge in [0.2, 0.25) is 10.0 Å². The number of esters is 1. The number of hydrogen-bond acceptors (Lipinski definition) is 7. The highest BCUT2D eigenvalue weighted by atomic mass is 35.5. The molecule has 1 saturated heterocycles. The average Bonchev–Trinajstić information content (AvgIpc) is 2.96. The Morgan fingerprint density at radius 3 is 2.52 bits per heavy atom. The molecular formula is C17H23ClN2O7S2. The van der Waals surface area contributed by atoms with E-state index in [4.69, 9.17) is 21.5 Å². The number of sulfonamides is 1. The molecule has 2 rings (SSSR count). The first-order valence-electron chi connectivity index (χ1n) is 8.79. The zero-order valence-electron chi connectivity index (χ0n) is 16.0. The van der Waals surface area contributed by atoms with Crippen LogP contribution in [0.3, 0.4) is 0 Å². The zero-order chi connectivity index (χ0) is 22.0. The van der Waals surface area contributed by atoms with Crippen LogP contribution in [0, 0.1) is 5.92 Å². The van der Waals surface area contributed by atoms with E-state index in [1.807, 2.05) is 13.8 Å². The number of hydrogen-bond donors (Lipinski definition) is 1. The van der Waals surface area contributed by atoms with E-state index in [0.717, 1.165) is 6.07 Å². The molecule has 12 heteroatoms. The summed E-state index contributed by atoms with van der Waals surface area (Å²) in [7, 11) is -7.33. The normalized spacial score (nSPS) is 18.6. The zero-order valence-corrected chi connectivity index (χ0v) is 18.4. The van der Waals surface area contributed by atoms with Crippen LogP contribution >= 0.6 is 11.6 Å². The SMILES string of the molecule is CC(C)CN(C(=O)COC(=O)c1ccc(Cl)c(S(N)(=O)=O)c1)C1CCS(=O)(=O)C1. The number of halogens is 1. The summed E-state index contributed by atoms with van der Waals surface area (Å²) in [5.74, 6) is -1.46. The van der Waals surface area contributed by atoms with E-state index in [0.29, 0.717) is 13.0 Å². The van der Waals surface area contributed by atoms with Gasteiger partial charge in [0.15, 0.2) is 16.4 Å². The predicted molar refractivity (Wildman–Crippen MR) is 107 cm³/mol. The van der Waals surface area contributed by atoms with Crippen LogP contribution in [0.25, 0.3) is 0 Å². The Labute approximate surface area is 175 Å². The molecule has 29 heavy (non-hydrogen) atoms. The van der Waals surface area contributed by atoms with Gasteiger partial charge in [-0.3, -0.25) is 4.79 Å². The molecule has 0 saturated carbocycles. The minimum Gasteiger partial charge on any atom is -0.452 e. The lowest BCUT2D eigenvalue weighted by molar-refractivity contribution is -0.137. The molecule has 1 aromatic rings. The Kier molecular flexibility index (Phi) is 7.31. The number of ether oxygens (including phenoxy) is 1. The summed E-state index contributed by atoms with van der Waals surface area (Å²) >= 11 is 5.78. The molecule has 0 radical (unpaired) electrons. The molecule has 0 aromatic heterocycles. The van der Waals surface area contributed by atoms with Crippen LogP contribution in [0.5, 0.6) is 0 Å². The highest BCUT2D eigenvalue weighted by molar-refractivity contribution is 7.91. The topological polar surface area (TPSA) is 141 Å². The lowest BCUT2D eigenvalue weighted by atomic mass is 10.1. The number of carbonyl (C=O) groups is 2. The minimum atomic E-state index is -4.14. The Bertz CT molecular complexity index is 1010. The van der Waals surface area contributed by atoms with E-state index in [-0.39, 0.29) is 28.0 Å². The van der Waals surface area contributed by atoms with E-state index in [2.05, 4.69) is 0 Å². The number of benzene rings is 1. The van der Waals surface area contributed by atoms with Gasteiger partial charge in [-0.05, 0) is 30.5 Å². The minimum absolute atomic E-state index is 0.0143. The molecule has 0 bridgehead atoms. The lowest BCUT2D eigenvalue weighted by Gasteiger charge is -2.29. The standard InChI is InChI=1S/C17H23ClN2O7S2/c1-11(2)8-20(13-5-6-28(23,24)10-13)16(21)9-27-17(22)12-3-4-14(18)15(7-12)29(19,25)26/h3-4,7,11,13H,5-6,8-10H2,1-2H3,(H2,19,25,26). The first kappa shape index (κ1) is 23.6. The maximum atomic E-state index is 12.6. The monoisotopic (exact) mass is 466 g/mol. The molecule has 0 aliphatic carbocycles. The molecule has 1 heterocycles. The third-order valence-electron chi connectivity index (χ3n) is 4.33. The largest absolute Gasteiger partial charge is 0.452 e. The fourth-order valence-electron chi connectivity index (χ4n) is 3.01. The second-order valence-corrected chi connectivity index (χ2v) is 11.4. The highest BCUT2D eigenvalue weighted by Crippen LogP contribution is 2.22. The van der Waals surface area contributed by atoms with Gasteiger partial charge in [0.05, 0.1) is 22.1 Å². The van der Waals surface area contributed by atoms with Gasteiger partial charge in [-0.1, -0.05) is 25.4 Å². The number of sulfone groups is 1. The number of amides is 1. The molecule has 1 aliphatic heterocycles. The van der Waals surface area contributed by atoms with E-state index in [1.165, 1.54) is 17.0 Å². The third-order valence-corrected chi connectivity index (χ3v) is 7.47. The summed E-state index contributed by atoms with van der Waals surface area (Å²) < 4.78 is 51.6. The van der Waals surface area contributed by atoms with Crippen molar-refractivity contribution in [1.82, 2.24) is 4.90 Å². The Morgan fingerprint density at radius 1 is 1.34 bits per heavy atom. The molecular weight excluding hydrogens is 444 g/mol. The average molecular weight is 467 g/mol. The Hall–Kier alpha value is -1.69. The van der Waals surface area contributed by atoms with Crippen molar-refractivity contribution in [2.24, 2.45) is 11.1 Å². The molecule has 0 spiro atoms. The smallest absolute Gasteiger partial charge is 0.338 e. The molecule has 9 nitrogen and oxygen atoms in total. The highest BCUT2D eigenvalue weighted by Gasteiger charge is 2.35. The maximum absolute atomic E-state index is 12.6. The number of primary sulfonamides is 1. The van der Waals surface area contributed by atoms with Crippen LogP contribution in [0.2, 0.25) is 5.02 Å². The van der Waals surface area contributed by atoms with Gasteiger partial charge in [0.1, 0.15) is 4.90 Å². The summed E-state index contributed by atoms with van der Waals surface area (Å²) in [5, 5.41) is 4.90. The summed E-state index contributed by atoms with van der Waals surface area (Å²) in [4.78, 5) is 25.8. The van der Waals surface area contributed by atoms with E-state index >= 15 is 0 Å². The second-order valence-electron chi connectivity index (χ2n) is 7.26. The molecule has 1 aromatic carbocycles. The fourth-order valence-corrected chi connectivity index (χ4v) is 5.81. The van der Waals surface area contributed by atoms with Crippen molar-refractivity contribution in [2.45, 2.75) is 31.2 Å². The third kappa shape index (κ3) is 6.39. The van der Waals surface area contributed by atoms with Crippen molar-refractivity contribution >= 4 is 43.3 Å². The van der Waals surface area contributed by atoms with E-state index in [9.17, 15) is 26.4 Å². The summed E-state index contributed by atoms with van der Waals surface area (Å²) in [6, 6.07) is 2.95. The first-order chi connectivity index (χ1) is 13.3. The van der Waals surface area contributed by atoms with Gasteiger partial charge < -0.3 is 9.64 Å². The molecule has 1 aliphatic rings. The quantitative estimate of drug-likeness (QED) is 0.586. The van der Waals surface area contributed by atoms with Gasteiger partial charge in [-0.15, -0.1) is 0 Å². The fraction of sp³-hybridized carbons (Fsp3) is 0.529. The second kappa shape index (κ2) is 8.99. The van der Waals surface area contributed by atoms with Gasteiger partial charge in [-0.25, -0.2) is 26.8 Å². The van der Waals surface area contributed by atoms with E-state index in [1.54, 1.807) is 0 Å². The van der Waals surface area contributed by atoms with Crippen LogP contribution in [-0.2, 0) is 29.4 Å². The van der Waals surface area contributed by atoms with Crippen molar-refractivity contribution in [3.63, 3.8) is 0 Å². The van der Waals surface area contributed by atoms with Crippen molar-refractivity contribution in [3.05, 3.63) is 28.8 Å². The number of nitrogens with zero attached hydrogens (tertiary/aromatic N) is 1. The molecule has 162 valence electrons. The van der Waals surface area contributed by atoms with Crippen LogP contribution in [0.4, 0.5) is 0 Å². The Balaban J connectivity index is 2.10. The van der Waals surface area contributed by atoms with Crippen molar-refractivity contribution in [2.75, 3.05) is 24.7 Å². The van der Waals surface area contributed by atoms with Crippen molar-refractivity contribution in [1.29, 1.82) is 0 Å². The predicted octanol–water partition coefficient (Wildman–Crippen LogP) is 0.816. The van der Waals surface area contributed by atoms with Crippen LogP contribution in [0.15, 0.2) is 23.1 Å². The van der Waals surface area contributed by atoms with Crippen LogP contribution in [-0.4, -0.2) is 64.3 Å². The first-order valence-corrected chi connectivity index (χ1v) is 12.5. The molecule has 1 amide bonds. The lowest BCUT2D eigenvalue weighted by Crippen LogP contribution is -2.45. The van der Waals surface area contributed by atoms with Gasteiger partial charge in [0, 0.05) is 12.6 Å². The van der Waals surface area contributed by atoms with Gasteiger partial charge >= 0.3 is 5.97 Å². The van der Waals surface area contributed by atoms with Crippen molar-refractivity contribution in [3.8, 4) is 0 Å². The molecule has 2 N–H and O–H groups in total. The maximum Gasteiger partial charge on any atom is 0.338 e. The van der Waals surface area contributed by atoms with E-state index < -0.39 is 49.3 Å². The number of rotatable bonds is 7. The van der Waals surface area contributed by atoms with Crippen LogP contribution < -0.4 is 5.14 Å². The Morgan fingerprint density at radius 2 is 2.00 bits per heavy atom. The van der Waals surface area contributed by atoms with Crippen LogP contribution in [0.1, 0.15) is 30.6 Å². The number of carbonyl (C=O) groups excluding carboxylic acids is 2. The van der Waals surface area contributed by atoms with Gasteiger partial charge in [0.25, 0.3) is 5.91 Å². The summed E-state index contributed by atoms with van der Waals surface area (Å²) in [6.07, 6.45) is 0.337.